The van der Waals surface area contributed by atoms with E-state index in [2.05, 4.69) is 20.3 Å². The van der Waals surface area contributed by atoms with E-state index >= 15 is 0 Å². The molecular formula is C9H7BrN2O4S. The number of hydrogen-bond donors (Lipinski definition) is 1. The second-order valence-electron chi connectivity index (χ2n) is 3.33. The van der Waals surface area contributed by atoms with E-state index in [0.717, 1.165) is 6.34 Å². The Hall–Kier alpha value is -1.41. The fourth-order valence-corrected chi connectivity index (χ4v) is 3.03. The lowest BCUT2D eigenvalue weighted by Gasteiger charge is -2.23. The van der Waals surface area contributed by atoms with Gasteiger partial charge in [0.2, 0.25) is 0 Å². The van der Waals surface area contributed by atoms with Crippen LogP contribution in [0.4, 0.5) is 5.69 Å². The zero-order valence-corrected chi connectivity index (χ0v) is 10.8. The normalized spacial score (nSPS) is 16.6. The molecule has 90 valence electrons. The lowest BCUT2D eigenvalue weighted by molar-refractivity contribution is -0.135. The molecule has 0 unspecified atom stereocenters. The summed E-state index contributed by atoms with van der Waals surface area (Å²) in [5, 5.41) is 8.71. The van der Waals surface area contributed by atoms with E-state index in [1.165, 1.54) is 17.0 Å². The third-order valence-electron chi connectivity index (χ3n) is 2.14. The van der Waals surface area contributed by atoms with Gasteiger partial charge >= 0.3 is 5.97 Å². The highest BCUT2D eigenvalue weighted by molar-refractivity contribution is 9.10. The van der Waals surface area contributed by atoms with Gasteiger partial charge in [-0.1, -0.05) is 15.9 Å². The minimum atomic E-state index is -3.73. The molecule has 0 saturated heterocycles. The lowest BCUT2D eigenvalue weighted by atomic mass is 10.3. The summed E-state index contributed by atoms with van der Waals surface area (Å²) in [5.41, 5.74) is 0.311. The van der Waals surface area contributed by atoms with Crippen LogP contribution in [0.25, 0.3) is 0 Å². The molecule has 1 heterocycles. The second-order valence-corrected chi connectivity index (χ2v) is 5.85. The molecule has 2 rings (SSSR count). The molecule has 0 spiro atoms. The first kappa shape index (κ1) is 12.1. The summed E-state index contributed by atoms with van der Waals surface area (Å²) in [7, 11) is -3.73. The first-order chi connectivity index (χ1) is 7.90. The number of benzene rings is 1. The summed E-state index contributed by atoms with van der Waals surface area (Å²) in [5.74, 6) is -1.07. The minimum Gasteiger partial charge on any atom is -0.480 e. The van der Waals surface area contributed by atoms with E-state index < -0.39 is 16.0 Å². The van der Waals surface area contributed by atoms with Crippen LogP contribution in [0, 0.1) is 0 Å². The Labute approximate surface area is 106 Å². The summed E-state index contributed by atoms with van der Waals surface area (Å²) in [4.78, 5) is 11.9. The molecule has 1 aromatic rings. The van der Waals surface area contributed by atoms with Crippen molar-refractivity contribution in [3.05, 3.63) is 22.7 Å². The molecule has 0 saturated carbocycles. The third-order valence-corrected chi connectivity index (χ3v) is 3.89. The van der Waals surface area contributed by atoms with E-state index in [1.807, 2.05) is 0 Å². The number of carbonyl (C=O) groups is 1. The van der Waals surface area contributed by atoms with Gasteiger partial charge in [0.25, 0.3) is 10.0 Å². The molecule has 6 nitrogen and oxygen atoms in total. The van der Waals surface area contributed by atoms with Crippen molar-refractivity contribution in [1.82, 2.24) is 0 Å². The Kier molecular flexibility index (Phi) is 2.92. The number of fused-ring (bicyclic) bond motifs is 1. The van der Waals surface area contributed by atoms with Crippen molar-refractivity contribution in [1.29, 1.82) is 0 Å². The van der Waals surface area contributed by atoms with Crippen molar-refractivity contribution in [3.63, 3.8) is 0 Å². The molecule has 0 amide bonds. The maximum atomic E-state index is 11.7. The molecule has 0 aromatic heterocycles. The predicted molar refractivity (Wildman–Crippen MR) is 64.8 cm³/mol. The van der Waals surface area contributed by atoms with Crippen LogP contribution in [0.5, 0.6) is 0 Å². The molecule has 0 fully saturated rings. The van der Waals surface area contributed by atoms with Crippen LogP contribution in [0.15, 0.2) is 32.0 Å². The molecule has 0 aliphatic carbocycles. The lowest BCUT2D eigenvalue weighted by Crippen LogP contribution is -2.32. The van der Waals surface area contributed by atoms with Crippen LogP contribution >= 0.6 is 15.9 Å². The van der Waals surface area contributed by atoms with Crippen LogP contribution < -0.4 is 4.90 Å². The van der Waals surface area contributed by atoms with E-state index in [-0.39, 0.29) is 11.4 Å². The van der Waals surface area contributed by atoms with Crippen LogP contribution in [0.2, 0.25) is 0 Å². The zero-order valence-electron chi connectivity index (χ0n) is 8.37. The molecule has 17 heavy (non-hydrogen) atoms. The van der Waals surface area contributed by atoms with Gasteiger partial charge < -0.3 is 10.0 Å². The fourth-order valence-electron chi connectivity index (χ4n) is 1.44. The summed E-state index contributed by atoms with van der Waals surface area (Å²) >= 11 is 3.16. The predicted octanol–water partition coefficient (Wildman–Crippen LogP) is 1.07. The van der Waals surface area contributed by atoms with Gasteiger partial charge in [0.15, 0.2) is 0 Å². The summed E-state index contributed by atoms with van der Waals surface area (Å²) < 4.78 is 27.3. The van der Waals surface area contributed by atoms with E-state index in [9.17, 15) is 13.2 Å². The number of hydrogen-bond acceptors (Lipinski definition) is 4. The van der Waals surface area contributed by atoms with Crippen molar-refractivity contribution < 1.29 is 18.3 Å². The number of carboxylic acids is 1. The van der Waals surface area contributed by atoms with E-state index in [4.69, 9.17) is 5.11 Å². The van der Waals surface area contributed by atoms with Crippen molar-refractivity contribution in [2.75, 3.05) is 11.4 Å². The Morgan fingerprint density at radius 1 is 1.47 bits per heavy atom. The standard InChI is InChI=1S/C9H7BrN2O4S/c10-6-1-2-7-8(3-6)17(15,16)11-5-12(7)4-9(13)14/h1-3,5H,4H2,(H,13,14). The molecule has 0 radical (unpaired) electrons. The summed E-state index contributed by atoms with van der Waals surface area (Å²) in [6.45, 7) is -0.340. The van der Waals surface area contributed by atoms with Crippen LogP contribution in [0.3, 0.4) is 0 Å². The van der Waals surface area contributed by atoms with Crippen LogP contribution in [0.1, 0.15) is 0 Å². The molecule has 0 atom stereocenters. The van der Waals surface area contributed by atoms with Gasteiger partial charge in [-0.25, -0.2) is 0 Å². The van der Waals surface area contributed by atoms with E-state index in [0.29, 0.717) is 10.2 Å². The quantitative estimate of drug-likeness (QED) is 0.881. The number of rotatable bonds is 2. The van der Waals surface area contributed by atoms with Crippen molar-refractivity contribution in [2.24, 2.45) is 4.40 Å². The molecule has 1 aromatic carbocycles. The maximum Gasteiger partial charge on any atom is 0.323 e. The average Bonchev–Trinajstić information content (AvgIpc) is 2.22. The number of sulfonamides is 1. The Balaban J connectivity index is 2.57. The van der Waals surface area contributed by atoms with Gasteiger partial charge in [-0.15, -0.1) is 4.40 Å². The number of aliphatic carboxylic acids is 1. The molecular weight excluding hydrogens is 312 g/mol. The second kappa shape index (κ2) is 4.11. The van der Waals surface area contributed by atoms with Gasteiger partial charge in [0.05, 0.1) is 5.69 Å². The van der Waals surface area contributed by atoms with Crippen molar-refractivity contribution in [2.45, 2.75) is 4.90 Å². The van der Waals surface area contributed by atoms with Crippen molar-refractivity contribution >= 4 is 43.9 Å². The maximum absolute atomic E-state index is 11.7. The third kappa shape index (κ3) is 2.32. The largest absolute Gasteiger partial charge is 0.480 e. The highest BCUT2D eigenvalue weighted by Crippen LogP contribution is 2.31. The molecule has 8 heteroatoms. The van der Waals surface area contributed by atoms with Gasteiger partial charge in [-0.2, -0.15) is 8.42 Å². The minimum absolute atomic E-state index is 0.00405. The fraction of sp³-hybridized carbons (Fsp3) is 0.111. The van der Waals surface area contributed by atoms with Gasteiger partial charge in [-0.3, -0.25) is 4.79 Å². The van der Waals surface area contributed by atoms with Gasteiger partial charge in [0, 0.05) is 4.47 Å². The Morgan fingerprint density at radius 3 is 2.82 bits per heavy atom. The molecule has 1 aliphatic rings. The smallest absolute Gasteiger partial charge is 0.323 e. The van der Waals surface area contributed by atoms with Crippen LogP contribution in [-0.4, -0.2) is 32.4 Å². The number of halogens is 1. The molecule has 0 bridgehead atoms. The topological polar surface area (TPSA) is 87.0 Å². The van der Waals surface area contributed by atoms with Gasteiger partial charge in [-0.05, 0) is 18.2 Å². The van der Waals surface area contributed by atoms with E-state index in [1.54, 1.807) is 6.07 Å². The van der Waals surface area contributed by atoms with Crippen LogP contribution in [-0.2, 0) is 14.8 Å². The first-order valence-corrected chi connectivity index (χ1v) is 6.72. The Bertz CT molecular complexity index is 611. The monoisotopic (exact) mass is 318 g/mol. The molecule has 1 aliphatic heterocycles. The number of carboxylic acid groups (broad SMARTS) is 1. The summed E-state index contributed by atoms with van der Waals surface area (Å²) in [6, 6.07) is 4.57. The van der Waals surface area contributed by atoms with Gasteiger partial charge in [0.1, 0.15) is 17.8 Å². The highest BCUT2D eigenvalue weighted by atomic mass is 79.9. The molecule has 1 N–H and O–H groups in total. The average molecular weight is 319 g/mol. The number of nitrogens with zero attached hydrogens (tertiary/aromatic N) is 2. The van der Waals surface area contributed by atoms with Crippen molar-refractivity contribution in [3.8, 4) is 0 Å². The highest BCUT2D eigenvalue weighted by Gasteiger charge is 2.26. The number of anilines is 1. The summed E-state index contributed by atoms with van der Waals surface area (Å²) in [6.07, 6.45) is 1.01. The Morgan fingerprint density at radius 2 is 2.18 bits per heavy atom. The zero-order chi connectivity index (χ0) is 12.6. The SMILES string of the molecule is O=C(O)CN1C=NS(=O)(=O)c2cc(Br)ccc21. The first-order valence-electron chi connectivity index (χ1n) is 4.48.